The number of carbonyl (C=O) groups excluding carboxylic acids is 1. The van der Waals surface area contributed by atoms with E-state index < -0.39 is 0 Å². The van der Waals surface area contributed by atoms with Gasteiger partial charge in [-0.3, -0.25) is 4.79 Å². The molecule has 1 saturated heterocycles. The Morgan fingerprint density at radius 1 is 1.40 bits per heavy atom. The normalized spacial score (nSPS) is 17.6. The van der Waals surface area contributed by atoms with Crippen LogP contribution in [0.15, 0.2) is 30.6 Å². The second-order valence-electron chi connectivity index (χ2n) is 6.73. The summed E-state index contributed by atoms with van der Waals surface area (Å²) in [4.78, 5) is 19.3. The van der Waals surface area contributed by atoms with E-state index in [1.165, 1.54) is 0 Å². The van der Waals surface area contributed by atoms with Crippen molar-refractivity contribution in [3.63, 3.8) is 0 Å². The van der Waals surface area contributed by atoms with Crippen molar-refractivity contribution in [1.29, 1.82) is 0 Å². The number of piperidine rings is 1. The second-order valence-corrected chi connectivity index (χ2v) is 6.73. The first-order valence-corrected chi connectivity index (χ1v) is 9.05. The largest absolute Gasteiger partial charge is 0.496 e. The van der Waals surface area contributed by atoms with Crippen molar-refractivity contribution < 1.29 is 9.53 Å². The van der Waals surface area contributed by atoms with Gasteiger partial charge >= 0.3 is 0 Å². The van der Waals surface area contributed by atoms with Crippen molar-refractivity contribution in [3.05, 3.63) is 47.5 Å². The van der Waals surface area contributed by atoms with Crippen molar-refractivity contribution in [2.45, 2.75) is 45.6 Å². The minimum absolute atomic E-state index is 0.173. The molecular formula is C20H27N3O2. The molecule has 2 heterocycles. The van der Waals surface area contributed by atoms with Crippen molar-refractivity contribution in [1.82, 2.24) is 14.5 Å². The first-order chi connectivity index (χ1) is 12.1. The van der Waals surface area contributed by atoms with Gasteiger partial charge in [0.25, 0.3) is 0 Å². The van der Waals surface area contributed by atoms with Crippen LogP contribution in [0.25, 0.3) is 0 Å². The number of aromatic nitrogens is 2. The molecule has 1 aliphatic rings. The Bertz CT molecular complexity index is 738. The summed E-state index contributed by atoms with van der Waals surface area (Å²) in [5.74, 6) is 2.06. The Balaban J connectivity index is 1.71. The Morgan fingerprint density at radius 2 is 2.24 bits per heavy atom. The summed E-state index contributed by atoms with van der Waals surface area (Å²) in [6, 6.07) is 6.32. The average molecular weight is 341 g/mol. The first kappa shape index (κ1) is 17.5. The molecule has 1 unspecified atom stereocenters. The number of amides is 1. The molecule has 5 nitrogen and oxygen atoms in total. The van der Waals surface area contributed by atoms with E-state index in [9.17, 15) is 4.79 Å². The summed E-state index contributed by atoms with van der Waals surface area (Å²) in [5, 5.41) is 0. The molecule has 0 N–H and O–H groups in total. The fraction of sp³-hybridized carbons (Fsp3) is 0.500. The molecular weight excluding hydrogens is 314 g/mol. The number of hydrogen-bond donors (Lipinski definition) is 0. The van der Waals surface area contributed by atoms with E-state index in [1.54, 1.807) is 7.11 Å². The third kappa shape index (κ3) is 3.86. The number of rotatable bonds is 5. The maximum absolute atomic E-state index is 12.9. The molecule has 134 valence electrons. The van der Waals surface area contributed by atoms with Crippen LogP contribution in [0.1, 0.15) is 42.8 Å². The predicted molar refractivity (Wildman–Crippen MR) is 97.9 cm³/mol. The third-order valence-electron chi connectivity index (χ3n) is 4.99. The zero-order valence-electron chi connectivity index (χ0n) is 15.4. The quantitative estimate of drug-likeness (QED) is 0.839. The number of nitrogens with zero attached hydrogens (tertiary/aromatic N) is 3. The fourth-order valence-corrected chi connectivity index (χ4v) is 3.68. The van der Waals surface area contributed by atoms with E-state index in [4.69, 9.17) is 4.74 Å². The van der Waals surface area contributed by atoms with Crippen LogP contribution in [-0.2, 0) is 17.6 Å². The number of aryl methyl sites for hydroxylation is 2. The Labute approximate surface area is 149 Å². The molecule has 3 rings (SSSR count). The average Bonchev–Trinajstić information content (AvgIpc) is 3.11. The SMILES string of the molecule is CCc1nccn1C1CCCN(C(=O)Cc2cc(C)ccc2OC)C1. The van der Waals surface area contributed by atoms with Gasteiger partial charge in [-0.2, -0.15) is 0 Å². The highest BCUT2D eigenvalue weighted by Gasteiger charge is 2.26. The highest BCUT2D eigenvalue weighted by atomic mass is 16.5. The van der Waals surface area contributed by atoms with Crippen LogP contribution in [0, 0.1) is 6.92 Å². The number of benzene rings is 1. The zero-order valence-corrected chi connectivity index (χ0v) is 15.4. The second kappa shape index (κ2) is 7.72. The van der Waals surface area contributed by atoms with Gasteiger partial charge in [-0.1, -0.05) is 24.6 Å². The zero-order chi connectivity index (χ0) is 17.8. The lowest BCUT2D eigenvalue weighted by Gasteiger charge is -2.34. The monoisotopic (exact) mass is 341 g/mol. The van der Waals surface area contributed by atoms with Crippen molar-refractivity contribution in [2.75, 3.05) is 20.2 Å². The maximum Gasteiger partial charge on any atom is 0.227 e. The van der Waals surface area contributed by atoms with Gasteiger partial charge in [-0.25, -0.2) is 4.98 Å². The van der Waals surface area contributed by atoms with Crippen LogP contribution in [0.2, 0.25) is 0 Å². The molecule has 1 aromatic heterocycles. The summed E-state index contributed by atoms with van der Waals surface area (Å²) in [6.45, 7) is 5.75. The number of carbonyl (C=O) groups is 1. The minimum Gasteiger partial charge on any atom is -0.496 e. The van der Waals surface area contributed by atoms with Crippen molar-refractivity contribution in [3.8, 4) is 5.75 Å². The van der Waals surface area contributed by atoms with Crippen molar-refractivity contribution >= 4 is 5.91 Å². The molecule has 0 spiro atoms. The van der Waals surface area contributed by atoms with Gasteiger partial charge < -0.3 is 14.2 Å². The lowest BCUT2D eigenvalue weighted by molar-refractivity contribution is -0.132. The summed E-state index contributed by atoms with van der Waals surface area (Å²) < 4.78 is 7.66. The standard InChI is InChI=1S/C20H27N3O2/c1-4-19-21-9-11-23(19)17-6-5-10-22(14-17)20(24)13-16-12-15(2)7-8-18(16)25-3/h7-9,11-12,17H,4-6,10,13-14H2,1-3H3. The molecule has 1 aliphatic heterocycles. The molecule has 1 atom stereocenters. The van der Waals surface area contributed by atoms with E-state index in [-0.39, 0.29) is 5.91 Å². The first-order valence-electron chi connectivity index (χ1n) is 9.05. The van der Waals surface area contributed by atoms with E-state index in [0.717, 1.165) is 55.1 Å². The van der Waals surface area contributed by atoms with Gasteiger partial charge in [0.05, 0.1) is 19.6 Å². The van der Waals surface area contributed by atoms with Crippen LogP contribution in [0.3, 0.4) is 0 Å². The molecule has 1 aromatic carbocycles. The lowest BCUT2D eigenvalue weighted by Crippen LogP contribution is -2.41. The van der Waals surface area contributed by atoms with Gasteiger partial charge in [0.15, 0.2) is 0 Å². The van der Waals surface area contributed by atoms with Crippen molar-refractivity contribution in [2.24, 2.45) is 0 Å². The highest BCUT2D eigenvalue weighted by Crippen LogP contribution is 2.25. The van der Waals surface area contributed by atoms with Crippen LogP contribution in [-0.4, -0.2) is 40.6 Å². The van der Waals surface area contributed by atoms with E-state index >= 15 is 0 Å². The maximum atomic E-state index is 12.9. The van der Waals surface area contributed by atoms with Gasteiger partial charge in [0, 0.05) is 37.5 Å². The van der Waals surface area contributed by atoms with Crippen LogP contribution in [0.4, 0.5) is 0 Å². The molecule has 25 heavy (non-hydrogen) atoms. The molecule has 1 fully saturated rings. The molecule has 0 aliphatic carbocycles. The molecule has 2 aromatic rings. The Hall–Kier alpha value is -2.30. The van der Waals surface area contributed by atoms with Crippen LogP contribution in [0.5, 0.6) is 5.75 Å². The van der Waals surface area contributed by atoms with Gasteiger partial charge in [-0.15, -0.1) is 0 Å². The summed E-state index contributed by atoms with van der Waals surface area (Å²) >= 11 is 0. The van der Waals surface area contributed by atoms with Gasteiger partial charge in [-0.05, 0) is 25.8 Å². The molecule has 0 radical (unpaired) electrons. The number of ether oxygens (including phenoxy) is 1. The number of likely N-dealkylation sites (tertiary alicyclic amines) is 1. The molecule has 0 bridgehead atoms. The summed E-state index contributed by atoms with van der Waals surface area (Å²) in [7, 11) is 1.65. The smallest absolute Gasteiger partial charge is 0.227 e. The highest BCUT2D eigenvalue weighted by molar-refractivity contribution is 5.79. The number of methoxy groups -OCH3 is 1. The molecule has 1 amide bonds. The fourth-order valence-electron chi connectivity index (χ4n) is 3.68. The van der Waals surface area contributed by atoms with E-state index in [1.807, 2.05) is 42.4 Å². The summed E-state index contributed by atoms with van der Waals surface area (Å²) in [5.41, 5.74) is 2.11. The Morgan fingerprint density at radius 3 is 3.00 bits per heavy atom. The Kier molecular flexibility index (Phi) is 5.41. The lowest BCUT2D eigenvalue weighted by atomic mass is 10.0. The predicted octanol–water partition coefficient (Wildman–Crippen LogP) is 3.17. The van der Waals surface area contributed by atoms with Gasteiger partial charge in [0.2, 0.25) is 5.91 Å². The minimum atomic E-state index is 0.173. The number of imidazole rings is 1. The van der Waals surface area contributed by atoms with E-state index in [2.05, 4.69) is 16.5 Å². The van der Waals surface area contributed by atoms with E-state index in [0.29, 0.717) is 12.5 Å². The third-order valence-corrected chi connectivity index (χ3v) is 4.99. The van der Waals surface area contributed by atoms with Crippen LogP contribution < -0.4 is 4.74 Å². The summed E-state index contributed by atoms with van der Waals surface area (Å²) in [6.07, 6.45) is 7.34. The molecule has 0 saturated carbocycles. The topological polar surface area (TPSA) is 47.4 Å². The van der Waals surface area contributed by atoms with Crippen LogP contribution >= 0.6 is 0 Å². The number of hydrogen-bond acceptors (Lipinski definition) is 3. The van der Waals surface area contributed by atoms with Gasteiger partial charge in [0.1, 0.15) is 11.6 Å². The molecule has 5 heteroatoms.